The minimum absolute atomic E-state index is 0.211. The van der Waals surface area contributed by atoms with Crippen LogP contribution in [-0.4, -0.2) is 40.7 Å². The van der Waals surface area contributed by atoms with Crippen LogP contribution in [-0.2, 0) is 16.1 Å². The van der Waals surface area contributed by atoms with E-state index in [-0.39, 0.29) is 12.0 Å². The number of rotatable bonds is 4. The zero-order chi connectivity index (χ0) is 13.9. The van der Waals surface area contributed by atoms with Crippen molar-refractivity contribution in [3.63, 3.8) is 0 Å². The van der Waals surface area contributed by atoms with Crippen LogP contribution < -0.4 is 0 Å². The molecule has 0 N–H and O–H groups in total. The summed E-state index contributed by atoms with van der Waals surface area (Å²) in [5.74, 6) is 1.21. The molecule has 1 aliphatic heterocycles. The second kappa shape index (κ2) is 5.46. The fraction of sp³-hybridized carbons (Fsp3) is 0.462. The molecule has 0 aromatic carbocycles. The first kappa shape index (κ1) is 12.9. The van der Waals surface area contributed by atoms with E-state index >= 15 is 0 Å². The van der Waals surface area contributed by atoms with Crippen molar-refractivity contribution in [1.82, 2.24) is 15.0 Å². The molecule has 7 heteroatoms. The molecule has 0 aliphatic carbocycles. The van der Waals surface area contributed by atoms with Gasteiger partial charge in [0.05, 0.1) is 19.9 Å². The number of furan rings is 1. The van der Waals surface area contributed by atoms with E-state index < -0.39 is 0 Å². The minimum atomic E-state index is -0.217. The Morgan fingerprint density at radius 3 is 3.25 bits per heavy atom. The van der Waals surface area contributed by atoms with Crippen LogP contribution in [0.5, 0.6) is 0 Å². The largest absolute Gasteiger partial charge is 0.468 e. The summed E-state index contributed by atoms with van der Waals surface area (Å²) in [5, 5.41) is 3.92. The number of carbonyl (C=O) groups excluding carboxylic acids is 1. The lowest BCUT2D eigenvalue weighted by Crippen LogP contribution is -2.36. The quantitative estimate of drug-likeness (QED) is 0.782. The molecule has 1 aliphatic rings. The van der Waals surface area contributed by atoms with Crippen molar-refractivity contribution in [1.29, 1.82) is 0 Å². The molecule has 0 amide bonds. The summed E-state index contributed by atoms with van der Waals surface area (Å²) in [6, 6.07) is 3.29. The van der Waals surface area contributed by atoms with Gasteiger partial charge >= 0.3 is 5.97 Å². The van der Waals surface area contributed by atoms with E-state index in [0.29, 0.717) is 24.0 Å². The van der Waals surface area contributed by atoms with E-state index in [9.17, 15) is 4.79 Å². The molecule has 7 nitrogen and oxygen atoms in total. The third kappa shape index (κ3) is 2.44. The second-order valence-corrected chi connectivity index (χ2v) is 4.64. The summed E-state index contributed by atoms with van der Waals surface area (Å²) < 4.78 is 15.1. The van der Waals surface area contributed by atoms with Crippen LogP contribution in [0.2, 0.25) is 0 Å². The van der Waals surface area contributed by atoms with Gasteiger partial charge < -0.3 is 13.7 Å². The number of nitrogens with zero attached hydrogens (tertiary/aromatic N) is 3. The van der Waals surface area contributed by atoms with Crippen LogP contribution >= 0.6 is 0 Å². The van der Waals surface area contributed by atoms with Crippen LogP contribution in [0.1, 0.15) is 18.7 Å². The number of esters is 1. The summed E-state index contributed by atoms with van der Waals surface area (Å²) in [5.41, 5.74) is 0. The Morgan fingerprint density at radius 1 is 1.60 bits per heavy atom. The zero-order valence-corrected chi connectivity index (χ0v) is 11.1. The van der Waals surface area contributed by atoms with Gasteiger partial charge in [-0.05, 0) is 31.5 Å². The fourth-order valence-corrected chi connectivity index (χ4v) is 2.42. The standard InChI is InChI=1S/C13H15N3O4/c1-18-13(17)9-4-2-6-16(9)8-11-14-12(20-15-11)10-5-3-7-19-10/h3,5,7,9H,2,4,6,8H2,1H3. The smallest absolute Gasteiger partial charge is 0.323 e. The summed E-state index contributed by atoms with van der Waals surface area (Å²) in [7, 11) is 1.40. The predicted molar refractivity (Wildman–Crippen MR) is 67.4 cm³/mol. The van der Waals surface area contributed by atoms with Crippen LogP contribution in [0.4, 0.5) is 0 Å². The molecule has 0 spiro atoms. The number of likely N-dealkylation sites (tertiary alicyclic amines) is 1. The number of methoxy groups -OCH3 is 1. The number of hydrogen-bond acceptors (Lipinski definition) is 7. The number of hydrogen-bond donors (Lipinski definition) is 0. The minimum Gasteiger partial charge on any atom is -0.468 e. The van der Waals surface area contributed by atoms with Crippen LogP contribution in [0.3, 0.4) is 0 Å². The highest BCUT2D eigenvalue weighted by atomic mass is 16.5. The lowest BCUT2D eigenvalue weighted by atomic mass is 10.2. The number of ether oxygens (including phenoxy) is 1. The Bertz CT molecular complexity index is 578. The monoisotopic (exact) mass is 277 g/mol. The highest BCUT2D eigenvalue weighted by Crippen LogP contribution is 2.22. The van der Waals surface area contributed by atoms with Crippen molar-refractivity contribution in [2.75, 3.05) is 13.7 Å². The van der Waals surface area contributed by atoms with Gasteiger partial charge in [-0.15, -0.1) is 0 Å². The molecule has 0 saturated carbocycles. The molecule has 2 aromatic heterocycles. The predicted octanol–water partition coefficient (Wildman–Crippen LogP) is 1.47. The average Bonchev–Trinajstić information content (AvgIpc) is 3.19. The van der Waals surface area contributed by atoms with Gasteiger partial charge in [-0.3, -0.25) is 9.69 Å². The molecular formula is C13H15N3O4. The lowest BCUT2D eigenvalue weighted by molar-refractivity contribution is -0.146. The van der Waals surface area contributed by atoms with Gasteiger partial charge in [0.1, 0.15) is 6.04 Å². The van der Waals surface area contributed by atoms with E-state index in [0.717, 1.165) is 19.4 Å². The van der Waals surface area contributed by atoms with Crippen LogP contribution in [0.15, 0.2) is 27.3 Å². The fourth-order valence-electron chi connectivity index (χ4n) is 2.42. The lowest BCUT2D eigenvalue weighted by Gasteiger charge is -2.20. The van der Waals surface area contributed by atoms with Gasteiger partial charge in [0, 0.05) is 0 Å². The van der Waals surface area contributed by atoms with Crippen molar-refractivity contribution in [2.24, 2.45) is 0 Å². The van der Waals surface area contributed by atoms with Gasteiger partial charge in [-0.1, -0.05) is 5.16 Å². The Labute approximate surface area is 115 Å². The molecule has 0 bridgehead atoms. The SMILES string of the molecule is COC(=O)C1CCCN1Cc1noc(-c2ccco2)n1. The average molecular weight is 277 g/mol. The first-order valence-corrected chi connectivity index (χ1v) is 6.46. The first-order chi connectivity index (χ1) is 9.78. The maximum atomic E-state index is 11.7. The highest BCUT2D eigenvalue weighted by molar-refractivity contribution is 5.75. The molecule has 1 saturated heterocycles. The van der Waals surface area contributed by atoms with Crippen LogP contribution in [0, 0.1) is 0 Å². The Morgan fingerprint density at radius 2 is 2.50 bits per heavy atom. The Hall–Kier alpha value is -2.15. The van der Waals surface area contributed by atoms with E-state index in [2.05, 4.69) is 10.1 Å². The third-order valence-electron chi connectivity index (χ3n) is 3.38. The first-order valence-electron chi connectivity index (χ1n) is 6.46. The highest BCUT2D eigenvalue weighted by Gasteiger charge is 2.32. The van der Waals surface area contributed by atoms with E-state index in [1.165, 1.54) is 7.11 Å². The van der Waals surface area contributed by atoms with E-state index in [1.807, 2.05) is 4.90 Å². The van der Waals surface area contributed by atoms with Gasteiger partial charge in [0.25, 0.3) is 5.89 Å². The van der Waals surface area contributed by atoms with Gasteiger partial charge in [0.15, 0.2) is 11.6 Å². The topological polar surface area (TPSA) is 81.6 Å². The second-order valence-electron chi connectivity index (χ2n) is 4.64. The molecule has 1 fully saturated rings. The van der Waals surface area contributed by atoms with E-state index in [4.69, 9.17) is 13.7 Å². The van der Waals surface area contributed by atoms with Crippen molar-refractivity contribution in [3.05, 3.63) is 24.2 Å². The molecule has 2 aromatic rings. The van der Waals surface area contributed by atoms with Gasteiger partial charge in [-0.25, -0.2) is 0 Å². The molecule has 20 heavy (non-hydrogen) atoms. The normalized spacial score (nSPS) is 19.4. The summed E-state index contributed by atoms with van der Waals surface area (Å²) in [4.78, 5) is 17.9. The molecule has 1 atom stereocenters. The zero-order valence-electron chi connectivity index (χ0n) is 11.1. The summed E-state index contributed by atoms with van der Waals surface area (Å²) in [6.07, 6.45) is 3.31. The molecule has 3 heterocycles. The van der Waals surface area contributed by atoms with Gasteiger partial charge in [0.2, 0.25) is 0 Å². The molecule has 0 radical (unpaired) electrons. The van der Waals surface area contributed by atoms with Gasteiger partial charge in [-0.2, -0.15) is 4.98 Å². The number of carbonyl (C=O) groups is 1. The van der Waals surface area contributed by atoms with Crippen molar-refractivity contribution in [3.8, 4) is 11.7 Å². The van der Waals surface area contributed by atoms with Crippen molar-refractivity contribution >= 4 is 5.97 Å². The third-order valence-corrected chi connectivity index (χ3v) is 3.38. The number of aromatic nitrogens is 2. The Kier molecular flexibility index (Phi) is 3.51. The molecule has 106 valence electrons. The molecule has 3 rings (SSSR count). The maximum Gasteiger partial charge on any atom is 0.323 e. The van der Waals surface area contributed by atoms with E-state index in [1.54, 1.807) is 18.4 Å². The summed E-state index contributed by atoms with van der Waals surface area (Å²) >= 11 is 0. The molecular weight excluding hydrogens is 262 g/mol. The maximum absolute atomic E-state index is 11.7. The van der Waals surface area contributed by atoms with Crippen LogP contribution in [0.25, 0.3) is 11.7 Å². The van der Waals surface area contributed by atoms with Crippen molar-refractivity contribution < 1.29 is 18.5 Å². The molecule has 1 unspecified atom stereocenters. The summed E-state index contributed by atoms with van der Waals surface area (Å²) in [6.45, 7) is 1.29. The Balaban J connectivity index is 1.70. The van der Waals surface area contributed by atoms with Crippen molar-refractivity contribution in [2.45, 2.75) is 25.4 Å².